The first-order valence-electron chi connectivity index (χ1n) is 10.1. The summed E-state index contributed by atoms with van der Waals surface area (Å²) in [6, 6.07) is 6.40. The molecule has 8 nitrogen and oxygen atoms in total. The van der Waals surface area contributed by atoms with Gasteiger partial charge in [-0.15, -0.1) is 12.4 Å². The summed E-state index contributed by atoms with van der Waals surface area (Å²) in [5.41, 5.74) is 4.65. The number of aromatic amines is 1. The van der Waals surface area contributed by atoms with Gasteiger partial charge in [0.2, 0.25) is 5.75 Å². The lowest BCUT2D eigenvalue weighted by atomic mass is 9.99. The molecule has 164 valence electrons. The number of benzene rings is 1. The Labute approximate surface area is 184 Å². The first kappa shape index (κ1) is 21.3. The first-order chi connectivity index (χ1) is 14.4. The van der Waals surface area contributed by atoms with Crippen molar-refractivity contribution in [3.05, 3.63) is 45.4 Å². The van der Waals surface area contributed by atoms with Crippen LogP contribution in [0.5, 0.6) is 11.5 Å². The van der Waals surface area contributed by atoms with E-state index in [0.717, 1.165) is 54.5 Å². The molecule has 0 saturated carbocycles. The number of likely N-dealkylation sites (tertiary alicyclic amines) is 1. The minimum absolute atomic E-state index is 0. The second kappa shape index (κ2) is 7.94. The lowest BCUT2D eigenvalue weighted by Crippen LogP contribution is -2.36. The predicted octanol–water partition coefficient (Wildman–Crippen LogP) is 3.41. The van der Waals surface area contributed by atoms with Gasteiger partial charge in [-0.2, -0.15) is 0 Å². The molecule has 3 aromatic rings. The van der Waals surface area contributed by atoms with Crippen molar-refractivity contribution < 1.29 is 19.7 Å². The van der Waals surface area contributed by atoms with E-state index in [4.69, 9.17) is 5.11 Å². The Morgan fingerprint density at radius 3 is 2.65 bits per heavy atom. The van der Waals surface area contributed by atoms with Crippen molar-refractivity contribution in [2.45, 2.75) is 32.2 Å². The zero-order valence-corrected chi connectivity index (χ0v) is 17.9. The normalized spacial score (nSPS) is 15.4. The number of aromatic nitrogens is 2. The Morgan fingerprint density at radius 1 is 1.19 bits per heavy atom. The lowest BCUT2D eigenvalue weighted by molar-refractivity contribution is 0.142. The van der Waals surface area contributed by atoms with Crippen molar-refractivity contribution in [2.24, 2.45) is 7.05 Å². The van der Waals surface area contributed by atoms with Gasteiger partial charge in [0.25, 0.3) is 5.56 Å². The summed E-state index contributed by atoms with van der Waals surface area (Å²) in [7, 11) is 2.08. The molecule has 3 heterocycles. The molecule has 1 fully saturated rings. The number of ether oxygens (including phenoxy) is 1. The molecule has 0 amide bonds. The Kier molecular flexibility index (Phi) is 5.45. The summed E-state index contributed by atoms with van der Waals surface area (Å²) >= 11 is 0. The van der Waals surface area contributed by atoms with Crippen molar-refractivity contribution >= 4 is 29.5 Å². The molecular weight excluding hydrogens is 422 g/mol. The molecule has 31 heavy (non-hydrogen) atoms. The Balaban J connectivity index is 0.00000231. The monoisotopic (exact) mass is 445 g/mol. The van der Waals surface area contributed by atoms with Crippen LogP contribution < -0.4 is 10.3 Å². The van der Waals surface area contributed by atoms with Crippen LogP contribution in [-0.2, 0) is 26.4 Å². The smallest absolute Gasteiger partial charge is 0.504 e. The van der Waals surface area contributed by atoms with Crippen molar-refractivity contribution in [1.29, 1.82) is 0 Å². The van der Waals surface area contributed by atoms with E-state index in [1.54, 1.807) is 0 Å². The first-order valence-corrected chi connectivity index (χ1v) is 10.1. The quantitative estimate of drug-likeness (QED) is 0.533. The molecule has 3 N–H and O–H groups in total. The molecule has 0 radical (unpaired) electrons. The maximum Gasteiger partial charge on any atom is 0.511 e. The van der Waals surface area contributed by atoms with E-state index in [9.17, 15) is 14.7 Å². The zero-order chi connectivity index (χ0) is 21.0. The van der Waals surface area contributed by atoms with Crippen LogP contribution in [-0.4, -0.2) is 43.9 Å². The highest BCUT2D eigenvalue weighted by Crippen LogP contribution is 2.40. The number of fused-ring (bicyclic) bond motifs is 4. The standard InChI is InChI=1S/C22H23N3O5.ClH/c1-24-14(11-25-6-3-7-25)8-13-9-16-12(10-17(13)24)4-2-5-15-18(16)23-21(27)20(19(15)26)30-22(28)29;/h8-10H,2-7,11H2,1H3,(H,28,29)(H2,23,26,27);1H. The maximum absolute atomic E-state index is 12.4. The average molecular weight is 446 g/mol. The van der Waals surface area contributed by atoms with Crippen LogP contribution in [0.3, 0.4) is 0 Å². The summed E-state index contributed by atoms with van der Waals surface area (Å²) in [4.78, 5) is 28.5. The Bertz CT molecular complexity index is 1240. The molecule has 9 heteroatoms. The van der Waals surface area contributed by atoms with Crippen LogP contribution in [0.1, 0.15) is 29.7 Å². The lowest BCUT2D eigenvalue weighted by Gasteiger charge is -2.30. The van der Waals surface area contributed by atoms with E-state index in [2.05, 4.69) is 44.4 Å². The van der Waals surface area contributed by atoms with Gasteiger partial charge >= 0.3 is 6.16 Å². The summed E-state index contributed by atoms with van der Waals surface area (Å²) in [6.07, 6.45) is 1.69. The summed E-state index contributed by atoms with van der Waals surface area (Å²) in [6.45, 7) is 3.18. The molecule has 0 atom stereocenters. The number of nitrogens with one attached hydrogen (secondary N) is 1. The predicted molar refractivity (Wildman–Crippen MR) is 118 cm³/mol. The molecule has 0 bridgehead atoms. The maximum atomic E-state index is 12.4. The van der Waals surface area contributed by atoms with E-state index >= 15 is 0 Å². The third kappa shape index (κ3) is 3.55. The molecule has 2 aliphatic rings. The number of aryl methyl sites for hydroxylation is 2. The highest BCUT2D eigenvalue weighted by atomic mass is 35.5. The second-order valence-electron chi connectivity index (χ2n) is 8.10. The fourth-order valence-electron chi connectivity index (χ4n) is 4.57. The van der Waals surface area contributed by atoms with Crippen LogP contribution in [0, 0.1) is 0 Å². The fourth-order valence-corrected chi connectivity index (χ4v) is 4.57. The molecule has 1 aliphatic heterocycles. The van der Waals surface area contributed by atoms with Gasteiger partial charge in [-0.05, 0) is 62.5 Å². The molecular formula is C22H24ClN3O5. The van der Waals surface area contributed by atoms with Gasteiger partial charge in [0.05, 0.1) is 5.69 Å². The number of nitrogens with zero attached hydrogens (tertiary/aromatic N) is 2. The number of halogens is 1. The highest BCUT2D eigenvalue weighted by Gasteiger charge is 2.25. The molecule has 0 unspecified atom stereocenters. The van der Waals surface area contributed by atoms with Gasteiger partial charge in [-0.25, -0.2) is 4.79 Å². The van der Waals surface area contributed by atoms with Gasteiger partial charge in [0.15, 0.2) is 5.75 Å². The van der Waals surface area contributed by atoms with Crippen molar-refractivity contribution in [3.63, 3.8) is 0 Å². The number of carbonyl (C=O) groups is 1. The molecule has 1 aliphatic carbocycles. The van der Waals surface area contributed by atoms with E-state index in [-0.39, 0.29) is 12.4 Å². The third-order valence-corrected chi connectivity index (χ3v) is 6.28. The number of pyridine rings is 1. The fraction of sp³-hybridized carbons (Fsp3) is 0.364. The van der Waals surface area contributed by atoms with Crippen LogP contribution >= 0.6 is 12.4 Å². The minimum atomic E-state index is -1.63. The van der Waals surface area contributed by atoms with Crippen LogP contribution in [0.15, 0.2) is 23.0 Å². The summed E-state index contributed by atoms with van der Waals surface area (Å²) in [5, 5.41) is 20.5. The van der Waals surface area contributed by atoms with Crippen molar-refractivity contribution in [2.75, 3.05) is 13.1 Å². The van der Waals surface area contributed by atoms with Crippen molar-refractivity contribution in [3.8, 4) is 22.8 Å². The summed E-state index contributed by atoms with van der Waals surface area (Å²) < 4.78 is 6.75. The van der Waals surface area contributed by atoms with Gasteiger partial charge in [0, 0.05) is 41.3 Å². The van der Waals surface area contributed by atoms with Gasteiger partial charge in [0.1, 0.15) is 0 Å². The number of hydrogen-bond acceptors (Lipinski definition) is 5. The van der Waals surface area contributed by atoms with Crippen LogP contribution in [0.2, 0.25) is 0 Å². The van der Waals surface area contributed by atoms with E-state index in [0.29, 0.717) is 17.7 Å². The topological polar surface area (TPSA) is 108 Å². The minimum Gasteiger partial charge on any atom is -0.504 e. The largest absolute Gasteiger partial charge is 0.511 e. The van der Waals surface area contributed by atoms with Crippen molar-refractivity contribution in [1.82, 2.24) is 14.5 Å². The van der Waals surface area contributed by atoms with Gasteiger partial charge < -0.3 is 24.5 Å². The highest BCUT2D eigenvalue weighted by molar-refractivity contribution is 5.89. The SMILES string of the molecule is Cl.Cn1c(CN2CCC2)cc2cc3c(cc21)CCCc1c-3[nH]c(=O)c(OC(=O)O)c1O. The summed E-state index contributed by atoms with van der Waals surface area (Å²) in [5.74, 6) is -0.960. The Morgan fingerprint density at radius 2 is 1.97 bits per heavy atom. The number of aromatic hydroxyl groups is 1. The Hall–Kier alpha value is -2.97. The van der Waals surface area contributed by atoms with Gasteiger partial charge in [-0.3, -0.25) is 9.69 Å². The molecule has 1 aromatic carbocycles. The van der Waals surface area contributed by atoms with E-state index in [1.807, 2.05) is 0 Å². The second-order valence-corrected chi connectivity index (χ2v) is 8.10. The molecule has 2 aromatic heterocycles. The van der Waals surface area contributed by atoms with Crippen LogP contribution in [0.25, 0.3) is 22.2 Å². The van der Waals surface area contributed by atoms with E-state index < -0.39 is 23.2 Å². The average Bonchev–Trinajstić information content (AvgIpc) is 2.85. The van der Waals surface area contributed by atoms with E-state index in [1.165, 1.54) is 12.1 Å². The zero-order valence-electron chi connectivity index (χ0n) is 17.1. The third-order valence-electron chi connectivity index (χ3n) is 6.28. The molecule has 0 spiro atoms. The number of carboxylic acid groups (broad SMARTS) is 1. The number of rotatable bonds is 3. The van der Waals surface area contributed by atoms with Crippen LogP contribution in [0.4, 0.5) is 4.79 Å². The van der Waals surface area contributed by atoms with Gasteiger partial charge in [-0.1, -0.05) is 0 Å². The number of H-pyrrole nitrogens is 1. The molecule has 5 rings (SSSR count). The molecule has 1 saturated heterocycles. The number of hydrogen-bond donors (Lipinski definition) is 3.